The smallest absolute Gasteiger partial charge is 0.302 e. The van der Waals surface area contributed by atoms with Gasteiger partial charge in [-0.3, -0.25) is 4.79 Å². The first-order valence-electron chi connectivity index (χ1n) is 5.32. The lowest BCUT2D eigenvalue weighted by molar-refractivity contribution is -0.140. The summed E-state index contributed by atoms with van der Waals surface area (Å²) in [6.45, 7) is 15.0. The van der Waals surface area contributed by atoms with Gasteiger partial charge in [0, 0.05) is 6.92 Å². The van der Waals surface area contributed by atoms with E-state index in [4.69, 9.17) is 0 Å². The highest BCUT2D eigenvalue weighted by atomic mass is 16.5. The Hall–Kier alpha value is -0.530. The van der Waals surface area contributed by atoms with Crippen LogP contribution in [0.15, 0.2) is 0 Å². The Morgan fingerprint density at radius 2 is 1.71 bits per heavy atom. The number of carbonyl (C=O) groups excluding carboxylic acids is 1. The Bertz CT molecular complexity index is 143. The van der Waals surface area contributed by atoms with Crippen molar-refractivity contribution in [3.8, 4) is 0 Å². The number of ether oxygens (including phenoxy) is 1. The van der Waals surface area contributed by atoms with Gasteiger partial charge < -0.3 is 4.74 Å². The average Bonchev–Trinajstić information content (AvgIpc) is 1.80. The second kappa shape index (κ2) is 7.84. The third kappa shape index (κ3) is 22.5. The molecule has 0 bridgehead atoms. The number of hydrogen-bond acceptors (Lipinski definition) is 2. The average molecular weight is 202 g/mol. The molecular formula is C12H26O2. The zero-order valence-electron chi connectivity index (χ0n) is 10.8. The molecular weight excluding hydrogens is 176 g/mol. The van der Waals surface area contributed by atoms with Crippen molar-refractivity contribution >= 4 is 5.97 Å². The van der Waals surface area contributed by atoms with Crippen LogP contribution in [-0.2, 0) is 9.53 Å². The molecule has 0 spiro atoms. The molecule has 0 amide bonds. The predicted molar refractivity (Wildman–Crippen MR) is 61.2 cm³/mol. The van der Waals surface area contributed by atoms with Crippen LogP contribution in [0, 0.1) is 11.3 Å². The molecule has 86 valence electrons. The van der Waals surface area contributed by atoms with Crippen molar-refractivity contribution in [2.75, 3.05) is 6.61 Å². The van der Waals surface area contributed by atoms with Crippen LogP contribution in [0.4, 0.5) is 0 Å². The molecule has 0 aromatic rings. The summed E-state index contributed by atoms with van der Waals surface area (Å²) in [6.07, 6.45) is 1.33. The van der Waals surface area contributed by atoms with Gasteiger partial charge in [-0.2, -0.15) is 0 Å². The number of esters is 1. The number of hydrogen-bond donors (Lipinski definition) is 0. The molecule has 0 fully saturated rings. The topological polar surface area (TPSA) is 26.3 Å². The maximum Gasteiger partial charge on any atom is 0.302 e. The summed E-state index contributed by atoms with van der Waals surface area (Å²) < 4.78 is 4.40. The Balaban J connectivity index is 0. The minimum atomic E-state index is -0.211. The molecule has 0 radical (unpaired) electrons. The Morgan fingerprint density at radius 3 is 1.71 bits per heavy atom. The van der Waals surface area contributed by atoms with Crippen LogP contribution in [-0.4, -0.2) is 12.6 Å². The van der Waals surface area contributed by atoms with Gasteiger partial charge in [0.05, 0.1) is 6.61 Å². The zero-order valence-corrected chi connectivity index (χ0v) is 10.8. The van der Waals surface area contributed by atoms with Crippen LogP contribution in [0.5, 0.6) is 0 Å². The first-order valence-corrected chi connectivity index (χ1v) is 5.32. The summed E-state index contributed by atoms with van der Waals surface area (Å²) >= 11 is 0. The van der Waals surface area contributed by atoms with Gasteiger partial charge in [-0.1, -0.05) is 34.6 Å². The quantitative estimate of drug-likeness (QED) is 0.639. The number of rotatable bonds is 2. The molecule has 14 heavy (non-hydrogen) atoms. The molecule has 0 rings (SSSR count). The lowest BCUT2D eigenvalue weighted by Gasteiger charge is -2.19. The maximum absolute atomic E-state index is 9.82. The summed E-state index contributed by atoms with van der Waals surface area (Å²) in [4.78, 5) is 9.82. The molecule has 2 nitrogen and oxygen atoms in total. The molecule has 0 N–H and O–H groups in total. The van der Waals surface area contributed by atoms with Crippen LogP contribution in [0.2, 0.25) is 0 Å². The van der Waals surface area contributed by atoms with Crippen molar-refractivity contribution in [3.05, 3.63) is 0 Å². The molecule has 0 saturated carbocycles. The van der Waals surface area contributed by atoms with E-state index >= 15 is 0 Å². The van der Waals surface area contributed by atoms with E-state index in [2.05, 4.69) is 39.4 Å². The number of carbonyl (C=O) groups is 1. The van der Waals surface area contributed by atoms with Gasteiger partial charge in [-0.05, 0) is 24.7 Å². The van der Waals surface area contributed by atoms with Crippen LogP contribution in [0.1, 0.15) is 54.9 Å². The molecule has 0 atom stereocenters. The van der Waals surface area contributed by atoms with Gasteiger partial charge in [0.15, 0.2) is 0 Å². The predicted octanol–water partition coefficient (Wildman–Crippen LogP) is 3.65. The molecule has 0 heterocycles. The van der Waals surface area contributed by atoms with Crippen molar-refractivity contribution in [2.45, 2.75) is 54.9 Å². The van der Waals surface area contributed by atoms with E-state index in [-0.39, 0.29) is 5.97 Å². The van der Waals surface area contributed by atoms with E-state index in [0.717, 1.165) is 5.92 Å². The molecule has 0 aliphatic heterocycles. The van der Waals surface area contributed by atoms with E-state index in [0.29, 0.717) is 12.0 Å². The summed E-state index contributed by atoms with van der Waals surface area (Å²) in [5.41, 5.74) is 0.522. The van der Waals surface area contributed by atoms with Crippen LogP contribution in [0.25, 0.3) is 0 Å². The summed E-state index contributed by atoms with van der Waals surface area (Å²) in [5, 5.41) is 0. The fourth-order valence-corrected chi connectivity index (χ4v) is 1.43. The highest BCUT2D eigenvalue weighted by Crippen LogP contribution is 2.23. The Labute approximate surface area is 89.0 Å². The van der Waals surface area contributed by atoms with Crippen molar-refractivity contribution in [1.82, 2.24) is 0 Å². The van der Waals surface area contributed by atoms with Crippen LogP contribution < -0.4 is 0 Å². The first-order chi connectivity index (χ1) is 6.19. The van der Waals surface area contributed by atoms with E-state index in [1.54, 1.807) is 6.92 Å². The van der Waals surface area contributed by atoms with Crippen LogP contribution >= 0.6 is 0 Å². The summed E-state index contributed by atoms with van der Waals surface area (Å²) in [5.74, 6) is 0.632. The largest absolute Gasteiger partial charge is 0.466 e. The highest BCUT2D eigenvalue weighted by Gasteiger charge is 2.11. The molecule has 0 aromatic carbocycles. The standard InChI is InChI=1S/C8H18.C4H8O2/c1-7(2)6-8(3,4)5;1-3-6-4(2)5/h7H,6H2,1-5H3;3H2,1-2H3. The fourth-order valence-electron chi connectivity index (χ4n) is 1.43. The summed E-state index contributed by atoms with van der Waals surface area (Å²) in [7, 11) is 0. The molecule has 0 aliphatic carbocycles. The van der Waals surface area contributed by atoms with Gasteiger partial charge in [-0.25, -0.2) is 0 Å². The van der Waals surface area contributed by atoms with E-state index < -0.39 is 0 Å². The Kier molecular flexibility index (Phi) is 8.91. The lowest BCUT2D eigenvalue weighted by atomic mass is 9.86. The van der Waals surface area contributed by atoms with E-state index in [1.165, 1.54) is 13.3 Å². The van der Waals surface area contributed by atoms with Gasteiger partial charge in [0.25, 0.3) is 0 Å². The second-order valence-electron chi connectivity index (χ2n) is 5.08. The zero-order chi connectivity index (χ0) is 11.8. The normalized spacial score (nSPS) is 10.6. The lowest BCUT2D eigenvalue weighted by Crippen LogP contribution is -2.08. The maximum atomic E-state index is 9.82. The summed E-state index contributed by atoms with van der Waals surface area (Å²) in [6, 6.07) is 0. The third-order valence-electron chi connectivity index (χ3n) is 1.37. The van der Waals surface area contributed by atoms with Gasteiger partial charge in [-0.15, -0.1) is 0 Å². The molecule has 0 aromatic heterocycles. The van der Waals surface area contributed by atoms with Gasteiger partial charge in [0.2, 0.25) is 0 Å². The van der Waals surface area contributed by atoms with Gasteiger partial charge >= 0.3 is 5.97 Å². The molecule has 0 aliphatic rings. The highest BCUT2D eigenvalue weighted by molar-refractivity contribution is 5.65. The van der Waals surface area contributed by atoms with Crippen molar-refractivity contribution in [3.63, 3.8) is 0 Å². The van der Waals surface area contributed by atoms with Crippen molar-refractivity contribution < 1.29 is 9.53 Å². The minimum Gasteiger partial charge on any atom is -0.466 e. The third-order valence-corrected chi connectivity index (χ3v) is 1.37. The Morgan fingerprint density at radius 1 is 1.29 bits per heavy atom. The van der Waals surface area contributed by atoms with E-state index in [9.17, 15) is 4.79 Å². The molecule has 2 heteroatoms. The van der Waals surface area contributed by atoms with Crippen molar-refractivity contribution in [1.29, 1.82) is 0 Å². The molecule has 0 saturated heterocycles. The second-order valence-corrected chi connectivity index (χ2v) is 5.08. The fraction of sp³-hybridized carbons (Fsp3) is 0.917. The van der Waals surface area contributed by atoms with Gasteiger partial charge in [0.1, 0.15) is 0 Å². The minimum absolute atomic E-state index is 0.211. The molecule has 0 unspecified atom stereocenters. The van der Waals surface area contributed by atoms with Crippen LogP contribution in [0.3, 0.4) is 0 Å². The van der Waals surface area contributed by atoms with E-state index in [1.807, 2.05) is 0 Å². The monoisotopic (exact) mass is 202 g/mol. The van der Waals surface area contributed by atoms with Crippen molar-refractivity contribution in [2.24, 2.45) is 11.3 Å². The first kappa shape index (κ1) is 15.9. The SMILES string of the molecule is CC(C)CC(C)(C)C.CCOC(C)=O.